The number of ether oxygens (including phenoxy) is 2. The average Bonchev–Trinajstić information content (AvgIpc) is 2.51. The fraction of sp³-hybridized carbons (Fsp3) is 0.562. The van der Waals surface area contributed by atoms with E-state index in [1.807, 2.05) is 27.1 Å². The maximum atomic E-state index is 12.1. The molecule has 0 aliphatic carbocycles. The molecule has 0 saturated carbocycles. The van der Waals surface area contributed by atoms with Crippen molar-refractivity contribution < 1.29 is 19.2 Å². The summed E-state index contributed by atoms with van der Waals surface area (Å²) in [6.07, 6.45) is 0.954. The predicted octanol–water partition coefficient (Wildman–Crippen LogP) is 0.122. The zero-order valence-corrected chi connectivity index (χ0v) is 13.5. The Bertz CT molecular complexity index is 528. The third kappa shape index (κ3) is 3.13. The molecule has 1 aliphatic rings. The largest absolute Gasteiger partial charge is 0.493 e. The van der Waals surface area contributed by atoms with Gasteiger partial charge in [0.25, 0.3) is 5.91 Å². The van der Waals surface area contributed by atoms with Crippen molar-refractivity contribution >= 4 is 5.91 Å². The Kier molecular flexibility index (Phi) is 4.73. The number of hydrogen-bond acceptors (Lipinski definition) is 3. The molecule has 116 valence electrons. The molecule has 21 heavy (non-hydrogen) atoms. The van der Waals surface area contributed by atoms with Gasteiger partial charge in [0, 0.05) is 26.1 Å². The molecule has 1 heterocycles. The van der Waals surface area contributed by atoms with Gasteiger partial charge in [-0.05, 0) is 24.6 Å². The summed E-state index contributed by atoms with van der Waals surface area (Å²) in [7, 11) is 6.92. The van der Waals surface area contributed by atoms with Crippen LogP contribution in [0.4, 0.5) is 0 Å². The van der Waals surface area contributed by atoms with E-state index in [9.17, 15) is 4.79 Å². The number of benzene rings is 1. The molecule has 0 bridgehead atoms. The molecule has 0 aromatic heterocycles. The second-order valence-corrected chi connectivity index (χ2v) is 5.77. The molecule has 0 saturated heterocycles. The minimum Gasteiger partial charge on any atom is -0.493 e. The Labute approximate surface area is 126 Å². The first-order valence-corrected chi connectivity index (χ1v) is 7.27. The van der Waals surface area contributed by atoms with Gasteiger partial charge < -0.3 is 19.3 Å². The molecule has 5 heteroatoms. The molecule has 0 fully saturated rings. The Morgan fingerprint density at radius 3 is 2.29 bits per heavy atom. The molecular weight excluding hydrogens is 268 g/mol. The minimum absolute atomic E-state index is 0.0266. The standard InChI is InChI=1S/C16H24N2O3/c1-11(16(19)17(2)3)18-7-6-12-8-14(20-4)15(21-5)9-13(12)10-18/h8-9,11H,6-7,10H2,1-5H3/p+1/t11-/m1/s1. The number of nitrogens with one attached hydrogen (secondary N) is 1. The summed E-state index contributed by atoms with van der Waals surface area (Å²) in [5.74, 6) is 1.70. The summed E-state index contributed by atoms with van der Waals surface area (Å²) in [5.41, 5.74) is 2.54. The van der Waals surface area contributed by atoms with Crippen LogP contribution in [0.25, 0.3) is 0 Å². The van der Waals surface area contributed by atoms with Gasteiger partial charge in [0.2, 0.25) is 0 Å². The summed E-state index contributed by atoms with van der Waals surface area (Å²) in [6.45, 7) is 3.81. The molecule has 1 aromatic carbocycles. The van der Waals surface area contributed by atoms with Gasteiger partial charge in [0.1, 0.15) is 6.54 Å². The predicted molar refractivity (Wildman–Crippen MR) is 80.9 cm³/mol. The van der Waals surface area contributed by atoms with Gasteiger partial charge in [-0.25, -0.2) is 0 Å². The van der Waals surface area contributed by atoms with Crippen LogP contribution in [-0.4, -0.2) is 51.7 Å². The minimum atomic E-state index is -0.0266. The van der Waals surface area contributed by atoms with E-state index in [1.165, 1.54) is 16.0 Å². The van der Waals surface area contributed by atoms with Crippen LogP contribution in [0.15, 0.2) is 12.1 Å². The van der Waals surface area contributed by atoms with Crippen LogP contribution in [0.5, 0.6) is 11.5 Å². The topological polar surface area (TPSA) is 43.2 Å². The summed E-state index contributed by atoms with van der Waals surface area (Å²) >= 11 is 0. The third-order valence-corrected chi connectivity index (χ3v) is 4.26. The first kappa shape index (κ1) is 15.6. The van der Waals surface area contributed by atoms with Crippen LogP contribution < -0.4 is 14.4 Å². The highest BCUT2D eigenvalue weighted by Crippen LogP contribution is 2.31. The van der Waals surface area contributed by atoms with Crippen molar-refractivity contribution in [3.05, 3.63) is 23.3 Å². The first-order valence-electron chi connectivity index (χ1n) is 7.27. The van der Waals surface area contributed by atoms with Crippen molar-refractivity contribution in [3.8, 4) is 11.5 Å². The summed E-state index contributed by atoms with van der Waals surface area (Å²) in [4.78, 5) is 15.1. The lowest BCUT2D eigenvalue weighted by atomic mass is 9.97. The van der Waals surface area contributed by atoms with Gasteiger partial charge in [-0.15, -0.1) is 0 Å². The molecule has 0 spiro atoms. The number of quaternary nitrogens is 1. The number of methoxy groups -OCH3 is 2. The lowest BCUT2D eigenvalue weighted by Gasteiger charge is -2.31. The van der Waals surface area contributed by atoms with Crippen molar-refractivity contribution in [2.45, 2.75) is 25.9 Å². The van der Waals surface area contributed by atoms with Gasteiger partial charge in [0.05, 0.1) is 20.8 Å². The van der Waals surface area contributed by atoms with E-state index in [2.05, 4.69) is 6.07 Å². The number of carbonyl (C=O) groups excluding carboxylic acids is 1. The molecule has 1 amide bonds. The molecule has 1 aliphatic heterocycles. The number of hydrogen-bond donors (Lipinski definition) is 1. The Hall–Kier alpha value is -1.75. The Morgan fingerprint density at radius 2 is 1.76 bits per heavy atom. The molecule has 2 atom stereocenters. The molecule has 0 radical (unpaired) electrons. The second kappa shape index (κ2) is 6.35. The number of fused-ring (bicyclic) bond motifs is 1. The van der Waals surface area contributed by atoms with Gasteiger partial charge in [-0.3, -0.25) is 4.79 Å². The number of carbonyl (C=O) groups is 1. The van der Waals surface area contributed by atoms with Crippen LogP contribution in [0.3, 0.4) is 0 Å². The van der Waals surface area contributed by atoms with Crippen molar-refractivity contribution in [2.24, 2.45) is 0 Å². The summed E-state index contributed by atoms with van der Waals surface area (Å²) in [5, 5.41) is 0. The number of amides is 1. The quantitative estimate of drug-likeness (QED) is 0.858. The van der Waals surface area contributed by atoms with E-state index in [-0.39, 0.29) is 11.9 Å². The molecule has 1 aromatic rings. The highest BCUT2D eigenvalue weighted by atomic mass is 16.5. The Balaban J connectivity index is 2.22. The van der Waals surface area contributed by atoms with E-state index >= 15 is 0 Å². The molecule has 5 nitrogen and oxygen atoms in total. The van der Waals surface area contributed by atoms with Crippen LogP contribution in [0, 0.1) is 0 Å². The maximum Gasteiger partial charge on any atom is 0.280 e. The Morgan fingerprint density at radius 1 is 1.19 bits per heavy atom. The zero-order valence-electron chi connectivity index (χ0n) is 13.5. The molecule has 1 unspecified atom stereocenters. The fourth-order valence-electron chi connectivity index (χ4n) is 2.92. The van der Waals surface area contributed by atoms with E-state index < -0.39 is 0 Å². The van der Waals surface area contributed by atoms with Crippen molar-refractivity contribution in [1.29, 1.82) is 0 Å². The molecule has 1 N–H and O–H groups in total. The smallest absolute Gasteiger partial charge is 0.280 e. The normalized spacial score (nSPS) is 18.6. The van der Waals surface area contributed by atoms with Crippen molar-refractivity contribution in [3.63, 3.8) is 0 Å². The maximum absolute atomic E-state index is 12.1. The van der Waals surface area contributed by atoms with Gasteiger partial charge >= 0.3 is 0 Å². The summed E-state index contributed by atoms with van der Waals surface area (Å²) < 4.78 is 10.7. The van der Waals surface area contributed by atoms with Crippen LogP contribution in [0.1, 0.15) is 18.1 Å². The van der Waals surface area contributed by atoms with Crippen LogP contribution in [0.2, 0.25) is 0 Å². The molecular formula is C16H25N2O3+. The van der Waals surface area contributed by atoms with E-state index in [0.717, 1.165) is 31.0 Å². The van der Waals surface area contributed by atoms with Gasteiger partial charge in [-0.1, -0.05) is 0 Å². The van der Waals surface area contributed by atoms with Crippen LogP contribution >= 0.6 is 0 Å². The lowest BCUT2D eigenvalue weighted by molar-refractivity contribution is -0.930. The third-order valence-electron chi connectivity index (χ3n) is 4.26. The SMILES string of the molecule is COc1cc2c(cc1OC)C[NH+]([C@H](C)C(=O)N(C)C)CC2. The van der Waals surface area contributed by atoms with Crippen molar-refractivity contribution in [2.75, 3.05) is 34.9 Å². The second-order valence-electron chi connectivity index (χ2n) is 5.77. The highest BCUT2D eigenvalue weighted by Gasteiger charge is 2.30. The van der Waals surface area contributed by atoms with Crippen molar-refractivity contribution in [1.82, 2.24) is 4.90 Å². The lowest BCUT2D eigenvalue weighted by Crippen LogP contribution is -3.16. The fourth-order valence-corrected chi connectivity index (χ4v) is 2.92. The average molecular weight is 293 g/mol. The number of likely N-dealkylation sites (N-methyl/N-ethyl adjacent to an activating group) is 1. The van der Waals surface area contributed by atoms with E-state index in [1.54, 1.807) is 19.1 Å². The number of nitrogens with zero attached hydrogens (tertiary/aromatic N) is 1. The highest BCUT2D eigenvalue weighted by molar-refractivity contribution is 5.79. The number of rotatable bonds is 4. The van der Waals surface area contributed by atoms with E-state index in [4.69, 9.17) is 9.47 Å². The van der Waals surface area contributed by atoms with Gasteiger partial charge in [0.15, 0.2) is 17.5 Å². The van der Waals surface area contributed by atoms with E-state index in [0.29, 0.717) is 0 Å². The summed E-state index contributed by atoms with van der Waals surface area (Å²) in [6, 6.07) is 4.07. The van der Waals surface area contributed by atoms with Crippen LogP contribution in [-0.2, 0) is 17.8 Å². The zero-order chi connectivity index (χ0) is 15.6. The molecule has 2 rings (SSSR count). The first-order chi connectivity index (χ1) is 9.97. The monoisotopic (exact) mass is 293 g/mol. The van der Waals surface area contributed by atoms with Gasteiger partial charge in [-0.2, -0.15) is 0 Å².